The molecule has 1 fully saturated rings. The van der Waals surface area contributed by atoms with Crippen LogP contribution in [0.25, 0.3) is 0 Å². The average Bonchev–Trinajstić information content (AvgIpc) is 2.99. The van der Waals surface area contributed by atoms with Crippen molar-refractivity contribution in [2.75, 3.05) is 0 Å². The highest BCUT2D eigenvalue weighted by Crippen LogP contribution is 2.52. The number of benzene rings is 2. The first kappa shape index (κ1) is 12.9. The minimum Gasteiger partial charge on any atom is -0.508 e. The minimum atomic E-state index is 0.415. The third-order valence-corrected chi connectivity index (χ3v) is 5.63. The van der Waals surface area contributed by atoms with Crippen molar-refractivity contribution in [3.05, 3.63) is 64.7 Å². The molecule has 1 heteroatoms. The molecule has 2 aromatic carbocycles. The van der Waals surface area contributed by atoms with Crippen LogP contribution in [-0.2, 0) is 6.42 Å². The molecule has 0 aromatic heterocycles. The smallest absolute Gasteiger partial charge is 0.118 e. The largest absolute Gasteiger partial charge is 0.508 e. The van der Waals surface area contributed by atoms with E-state index in [1.54, 1.807) is 5.56 Å². The molecule has 1 saturated carbocycles. The maximum Gasteiger partial charge on any atom is 0.118 e. The van der Waals surface area contributed by atoms with Crippen molar-refractivity contribution in [2.45, 2.75) is 44.4 Å². The lowest BCUT2D eigenvalue weighted by atomic mass is 9.68. The van der Waals surface area contributed by atoms with E-state index in [2.05, 4.69) is 36.4 Å². The Hall–Kier alpha value is -1.76. The fraction of sp³-hybridized carbons (Fsp3) is 0.400. The fourth-order valence-electron chi connectivity index (χ4n) is 4.60. The summed E-state index contributed by atoms with van der Waals surface area (Å²) < 4.78 is 0. The third kappa shape index (κ3) is 2.07. The van der Waals surface area contributed by atoms with Gasteiger partial charge in [0.15, 0.2) is 0 Å². The number of aromatic hydroxyl groups is 1. The summed E-state index contributed by atoms with van der Waals surface area (Å²) in [5.41, 5.74) is 5.56. The van der Waals surface area contributed by atoms with Crippen LogP contribution in [0.4, 0.5) is 0 Å². The molecule has 21 heavy (non-hydrogen) atoms. The number of aryl methyl sites for hydroxylation is 1. The predicted octanol–water partition coefficient (Wildman–Crippen LogP) is 4.92. The Morgan fingerprint density at radius 3 is 2.71 bits per heavy atom. The average molecular weight is 278 g/mol. The van der Waals surface area contributed by atoms with Gasteiger partial charge in [0.25, 0.3) is 0 Å². The zero-order valence-electron chi connectivity index (χ0n) is 12.5. The van der Waals surface area contributed by atoms with Crippen LogP contribution in [0.3, 0.4) is 0 Å². The van der Waals surface area contributed by atoms with Crippen LogP contribution < -0.4 is 0 Å². The van der Waals surface area contributed by atoms with E-state index in [9.17, 15) is 5.11 Å². The van der Waals surface area contributed by atoms with Crippen LogP contribution in [0.5, 0.6) is 5.75 Å². The van der Waals surface area contributed by atoms with Gasteiger partial charge in [-0.05, 0) is 72.3 Å². The zero-order valence-corrected chi connectivity index (χ0v) is 12.5. The van der Waals surface area contributed by atoms with E-state index in [0.29, 0.717) is 11.7 Å². The maximum absolute atomic E-state index is 9.79. The number of hydrogen-bond donors (Lipinski definition) is 1. The lowest BCUT2D eigenvalue weighted by molar-refractivity contribution is 0.364. The van der Waals surface area contributed by atoms with E-state index < -0.39 is 0 Å². The fourth-order valence-corrected chi connectivity index (χ4v) is 4.60. The molecule has 108 valence electrons. The van der Waals surface area contributed by atoms with Crippen molar-refractivity contribution in [1.82, 2.24) is 0 Å². The van der Waals surface area contributed by atoms with Gasteiger partial charge in [0, 0.05) is 0 Å². The van der Waals surface area contributed by atoms with Crippen LogP contribution in [0, 0.1) is 12.8 Å². The molecule has 4 rings (SSSR count). The topological polar surface area (TPSA) is 20.2 Å². The highest BCUT2D eigenvalue weighted by Gasteiger charge is 2.39. The number of rotatable bonds is 1. The monoisotopic (exact) mass is 278 g/mol. The zero-order chi connectivity index (χ0) is 14.4. The van der Waals surface area contributed by atoms with Gasteiger partial charge in [0.2, 0.25) is 0 Å². The van der Waals surface area contributed by atoms with Crippen molar-refractivity contribution >= 4 is 0 Å². The molecule has 0 amide bonds. The van der Waals surface area contributed by atoms with Gasteiger partial charge in [-0.3, -0.25) is 0 Å². The normalized spacial score (nSPS) is 27.2. The molecule has 0 unspecified atom stereocenters. The molecular weight excluding hydrogens is 256 g/mol. The van der Waals surface area contributed by atoms with Crippen LogP contribution in [-0.4, -0.2) is 5.11 Å². The third-order valence-electron chi connectivity index (χ3n) is 5.63. The predicted molar refractivity (Wildman–Crippen MR) is 85.8 cm³/mol. The molecule has 0 aliphatic heterocycles. The van der Waals surface area contributed by atoms with Crippen molar-refractivity contribution in [3.63, 3.8) is 0 Å². The summed E-state index contributed by atoms with van der Waals surface area (Å²) in [5.74, 6) is 2.56. The van der Waals surface area contributed by atoms with Gasteiger partial charge in [-0.2, -0.15) is 0 Å². The quantitative estimate of drug-likeness (QED) is 0.784. The van der Waals surface area contributed by atoms with Gasteiger partial charge in [-0.25, -0.2) is 0 Å². The lowest BCUT2D eigenvalue weighted by Crippen LogP contribution is -2.24. The Bertz CT molecular complexity index is 673. The molecule has 1 N–H and O–H groups in total. The van der Waals surface area contributed by atoms with E-state index in [-0.39, 0.29) is 0 Å². The first-order chi connectivity index (χ1) is 10.2. The molecule has 2 aromatic rings. The number of phenolic OH excluding ortho intramolecular Hbond substituents is 1. The van der Waals surface area contributed by atoms with Gasteiger partial charge in [0.05, 0.1) is 0 Å². The van der Waals surface area contributed by atoms with Gasteiger partial charge in [-0.15, -0.1) is 0 Å². The Labute approximate surface area is 126 Å². The molecule has 0 bridgehead atoms. The second-order valence-corrected chi connectivity index (χ2v) is 6.76. The lowest BCUT2D eigenvalue weighted by Gasteiger charge is -2.36. The number of phenols is 1. The van der Waals surface area contributed by atoms with E-state index in [1.807, 2.05) is 13.0 Å². The summed E-state index contributed by atoms with van der Waals surface area (Å²) in [7, 11) is 0. The second-order valence-electron chi connectivity index (χ2n) is 6.76. The molecule has 0 heterocycles. The summed E-state index contributed by atoms with van der Waals surface area (Å²) in [6, 6.07) is 15.2. The molecular formula is C20H22O. The molecule has 2 aliphatic rings. The second kappa shape index (κ2) is 4.91. The van der Waals surface area contributed by atoms with E-state index in [1.165, 1.54) is 30.4 Å². The molecule has 0 saturated heterocycles. The van der Waals surface area contributed by atoms with E-state index in [0.717, 1.165) is 23.8 Å². The van der Waals surface area contributed by atoms with Crippen LogP contribution in [0.2, 0.25) is 0 Å². The van der Waals surface area contributed by atoms with Crippen molar-refractivity contribution < 1.29 is 5.11 Å². The Kier molecular flexibility index (Phi) is 3.02. The first-order valence-corrected chi connectivity index (χ1v) is 8.11. The Morgan fingerprint density at radius 2 is 1.86 bits per heavy atom. The highest BCUT2D eigenvalue weighted by atomic mass is 16.3. The van der Waals surface area contributed by atoms with Crippen molar-refractivity contribution in [2.24, 2.45) is 5.92 Å². The molecule has 3 atom stereocenters. The SMILES string of the molecule is Cc1cc([C@@H]2Cc3ccccc3[C@@H]3CCC[C@H]23)ccc1O. The molecule has 1 nitrogen and oxygen atoms in total. The van der Waals surface area contributed by atoms with Crippen LogP contribution in [0.15, 0.2) is 42.5 Å². The minimum absolute atomic E-state index is 0.415. The van der Waals surface area contributed by atoms with Gasteiger partial charge < -0.3 is 5.11 Å². The summed E-state index contributed by atoms with van der Waals surface area (Å²) in [6.07, 6.45) is 5.21. The molecule has 2 aliphatic carbocycles. The number of fused-ring (bicyclic) bond motifs is 3. The summed E-state index contributed by atoms with van der Waals surface area (Å²) in [4.78, 5) is 0. The summed E-state index contributed by atoms with van der Waals surface area (Å²) in [6.45, 7) is 2.00. The highest BCUT2D eigenvalue weighted by molar-refractivity contribution is 5.42. The Morgan fingerprint density at radius 1 is 1.00 bits per heavy atom. The van der Waals surface area contributed by atoms with Crippen LogP contribution >= 0.6 is 0 Å². The molecule has 0 radical (unpaired) electrons. The van der Waals surface area contributed by atoms with E-state index >= 15 is 0 Å². The van der Waals surface area contributed by atoms with Gasteiger partial charge >= 0.3 is 0 Å². The van der Waals surface area contributed by atoms with Crippen LogP contribution in [0.1, 0.15) is 53.4 Å². The standard InChI is InChI=1S/C20H22O/c1-13-11-15(9-10-20(13)21)19-12-14-5-2-3-6-16(14)17-7-4-8-18(17)19/h2-3,5-6,9-11,17-19,21H,4,7-8,12H2,1H3/t17-,18-,19-/m0/s1. The maximum atomic E-state index is 9.79. The van der Waals surface area contributed by atoms with Gasteiger partial charge in [-0.1, -0.05) is 42.8 Å². The summed E-state index contributed by atoms with van der Waals surface area (Å²) >= 11 is 0. The number of hydrogen-bond acceptors (Lipinski definition) is 1. The molecule has 0 spiro atoms. The van der Waals surface area contributed by atoms with Crippen molar-refractivity contribution in [1.29, 1.82) is 0 Å². The Balaban J connectivity index is 1.78. The van der Waals surface area contributed by atoms with Gasteiger partial charge in [0.1, 0.15) is 5.75 Å². The summed E-state index contributed by atoms with van der Waals surface area (Å²) in [5, 5.41) is 9.79. The first-order valence-electron chi connectivity index (χ1n) is 8.11. The van der Waals surface area contributed by atoms with Crippen molar-refractivity contribution in [3.8, 4) is 5.75 Å². The van der Waals surface area contributed by atoms with E-state index in [4.69, 9.17) is 0 Å².